The summed E-state index contributed by atoms with van der Waals surface area (Å²) in [6.45, 7) is 7.99. The van der Waals surface area contributed by atoms with E-state index in [9.17, 15) is 9.59 Å². The van der Waals surface area contributed by atoms with Crippen LogP contribution in [0.5, 0.6) is 0 Å². The first kappa shape index (κ1) is 19.9. The highest BCUT2D eigenvalue weighted by atomic mass is 16.2. The number of carbonyl (C=O) groups excluding carboxylic acids is 2. The van der Waals surface area contributed by atoms with Gasteiger partial charge in [0.05, 0.1) is 6.42 Å². The normalized spacial score (nSPS) is 13.9. The molecule has 1 unspecified atom stereocenters. The topological polar surface area (TPSA) is 61.4 Å². The van der Waals surface area contributed by atoms with Gasteiger partial charge < -0.3 is 15.5 Å². The van der Waals surface area contributed by atoms with E-state index in [0.29, 0.717) is 0 Å². The van der Waals surface area contributed by atoms with Crippen molar-refractivity contribution in [1.82, 2.24) is 5.32 Å². The second kappa shape index (κ2) is 8.91. The average Bonchev–Trinajstić information content (AvgIpc) is 3.09. The van der Waals surface area contributed by atoms with Crippen molar-refractivity contribution in [2.75, 3.05) is 23.3 Å². The summed E-state index contributed by atoms with van der Waals surface area (Å²) in [5, 5.41) is 5.88. The highest BCUT2D eigenvalue weighted by Crippen LogP contribution is 2.30. The van der Waals surface area contributed by atoms with E-state index in [4.69, 9.17) is 0 Å². The van der Waals surface area contributed by atoms with Crippen molar-refractivity contribution >= 4 is 23.2 Å². The van der Waals surface area contributed by atoms with Crippen LogP contribution < -0.4 is 15.5 Å². The molecule has 0 aromatic heterocycles. The van der Waals surface area contributed by atoms with Gasteiger partial charge in [-0.1, -0.05) is 50.2 Å². The first-order valence-corrected chi connectivity index (χ1v) is 10.00. The zero-order chi connectivity index (χ0) is 20.1. The van der Waals surface area contributed by atoms with Crippen LogP contribution in [0.15, 0.2) is 48.5 Å². The Bertz CT molecular complexity index is 833. The number of hydrogen-bond donors (Lipinski definition) is 2. The summed E-state index contributed by atoms with van der Waals surface area (Å²) in [4.78, 5) is 27.6. The van der Waals surface area contributed by atoms with Gasteiger partial charge in [-0.3, -0.25) is 9.59 Å². The molecule has 2 aromatic rings. The minimum absolute atomic E-state index is 0.0127. The molecule has 0 saturated heterocycles. The summed E-state index contributed by atoms with van der Waals surface area (Å²) in [5.74, 6) is -0.343. The Hall–Kier alpha value is -2.82. The average molecular weight is 380 g/mol. The van der Waals surface area contributed by atoms with Gasteiger partial charge >= 0.3 is 0 Å². The second-order valence-corrected chi connectivity index (χ2v) is 7.61. The van der Waals surface area contributed by atoms with Gasteiger partial charge in [0.1, 0.15) is 6.04 Å². The van der Waals surface area contributed by atoms with Crippen molar-refractivity contribution in [2.24, 2.45) is 5.92 Å². The van der Waals surface area contributed by atoms with E-state index >= 15 is 0 Å². The van der Waals surface area contributed by atoms with Gasteiger partial charge in [-0.05, 0) is 42.5 Å². The van der Waals surface area contributed by atoms with Gasteiger partial charge in [-0.15, -0.1) is 0 Å². The molecule has 0 fully saturated rings. The summed E-state index contributed by atoms with van der Waals surface area (Å²) >= 11 is 0. The van der Waals surface area contributed by atoms with Crippen LogP contribution in [0, 0.1) is 5.92 Å². The molecule has 0 spiro atoms. The number of benzene rings is 2. The molecule has 28 heavy (non-hydrogen) atoms. The zero-order valence-corrected chi connectivity index (χ0v) is 16.9. The minimum Gasteiger partial charge on any atom is -0.371 e. The van der Waals surface area contributed by atoms with Gasteiger partial charge in [0, 0.05) is 24.5 Å². The molecular weight excluding hydrogens is 350 g/mol. The molecule has 2 aromatic carbocycles. The zero-order valence-electron chi connectivity index (χ0n) is 16.9. The maximum absolute atomic E-state index is 12.9. The lowest BCUT2D eigenvalue weighted by Gasteiger charge is -2.22. The Morgan fingerprint density at radius 2 is 1.86 bits per heavy atom. The van der Waals surface area contributed by atoms with E-state index in [1.807, 2.05) is 56.3 Å². The molecular formula is C23H29N3O2. The lowest BCUT2D eigenvalue weighted by molar-refractivity contribution is -0.127. The van der Waals surface area contributed by atoms with Crippen LogP contribution in [0.25, 0.3) is 0 Å². The van der Waals surface area contributed by atoms with Crippen molar-refractivity contribution in [3.8, 4) is 0 Å². The van der Waals surface area contributed by atoms with Crippen molar-refractivity contribution in [1.29, 1.82) is 0 Å². The smallest absolute Gasteiger partial charge is 0.247 e. The fourth-order valence-corrected chi connectivity index (χ4v) is 3.61. The summed E-state index contributed by atoms with van der Waals surface area (Å²) in [7, 11) is 0. The van der Waals surface area contributed by atoms with Crippen molar-refractivity contribution < 1.29 is 9.59 Å². The van der Waals surface area contributed by atoms with Crippen LogP contribution in [0.2, 0.25) is 0 Å². The summed E-state index contributed by atoms with van der Waals surface area (Å²) in [5.41, 5.74) is 4.21. The van der Waals surface area contributed by atoms with Crippen molar-refractivity contribution in [3.63, 3.8) is 0 Å². The first-order chi connectivity index (χ1) is 13.5. The molecule has 2 N–H and O–H groups in total. The van der Waals surface area contributed by atoms with E-state index in [1.165, 1.54) is 11.3 Å². The molecule has 2 amide bonds. The van der Waals surface area contributed by atoms with E-state index < -0.39 is 6.04 Å². The lowest BCUT2D eigenvalue weighted by atomic mass is 10.0. The number of amides is 2. The quantitative estimate of drug-likeness (QED) is 0.775. The Balaban J connectivity index is 1.66. The molecule has 0 saturated carbocycles. The van der Waals surface area contributed by atoms with Crippen LogP contribution >= 0.6 is 0 Å². The molecule has 0 bridgehead atoms. The van der Waals surface area contributed by atoms with Gasteiger partial charge in [0.2, 0.25) is 11.8 Å². The van der Waals surface area contributed by atoms with Gasteiger partial charge in [0.25, 0.3) is 0 Å². The number of fused-ring (bicyclic) bond motifs is 1. The monoisotopic (exact) mass is 379 g/mol. The SMILES string of the molecule is CCN1CCc2ccc(NC(=O)C(NC(=O)Cc3ccccc3)C(C)C)cc21. The predicted octanol–water partition coefficient (Wildman–Crippen LogP) is 3.39. The first-order valence-electron chi connectivity index (χ1n) is 10.00. The molecule has 0 radical (unpaired) electrons. The van der Waals surface area contributed by atoms with Crippen LogP contribution in [-0.4, -0.2) is 30.9 Å². The van der Waals surface area contributed by atoms with Crippen LogP contribution in [0.4, 0.5) is 11.4 Å². The number of nitrogens with zero attached hydrogens (tertiary/aromatic N) is 1. The number of rotatable bonds is 7. The highest BCUT2D eigenvalue weighted by molar-refractivity contribution is 5.98. The van der Waals surface area contributed by atoms with Crippen molar-refractivity contribution in [3.05, 3.63) is 59.7 Å². The third kappa shape index (κ3) is 4.71. The molecule has 1 heterocycles. The number of likely N-dealkylation sites (N-methyl/N-ethyl adjacent to an activating group) is 1. The standard InChI is InChI=1S/C23H29N3O2/c1-4-26-13-12-18-10-11-19(15-20(18)26)24-23(28)22(16(2)3)25-21(27)14-17-8-6-5-7-9-17/h5-11,15-16,22H,4,12-14H2,1-3H3,(H,24,28)(H,25,27). The molecule has 148 valence electrons. The number of nitrogens with one attached hydrogen (secondary N) is 2. The highest BCUT2D eigenvalue weighted by Gasteiger charge is 2.25. The fraction of sp³-hybridized carbons (Fsp3) is 0.391. The van der Waals surface area contributed by atoms with Gasteiger partial charge in [-0.25, -0.2) is 0 Å². The maximum Gasteiger partial charge on any atom is 0.247 e. The summed E-state index contributed by atoms with van der Waals surface area (Å²) in [6, 6.07) is 15.0. The Labute approximate surface area is 167 Å². The Morgan fingerprint density at radius 1 is 1.11 bits per heavy atom. The molecule has 1 aliphatic heterocycles. The number of hydrogen-bond acceptors (Lipinski definition) is 3. The van der Waals surface area contributed by atoms with E-state index in [-0.39, 0.29) is 24.2 Å². The lowest BCUT2D eigenvalue weighted by Crippen LogP contribution is -2.47. The third-order valence-electron chi connectivity index (χ3n) is 5.20. The Kier molecular flexibility index (Phi) is 6.34. The number of carbonyl (C=O) groups is 2. The van der Waals surface area contributed by atoms with Crippen molar-refractivity contribution in [2.45, 2.75) is 39.7 Å². The molecule has 5 nitrogen and oxygen atoms in total. The molecule has 1 atom stereocenters. The van der Waals surface area contributed by atoms with Gasteiger partial charge in [0.15, 0.2) is 0 Å². The summed E-state index contributed by atoms with van der Waals surface area (Å²) in [6.07, 6.45) is 1.31. The third-order valence-corrected chi connectivity index (χ3v) is 5.20. The number of anilines is 2. The second-order valence-electron chi connectivity index (χ2n) is 7.61. The molecule has 5 heteroatoms. The Morgan fingerprint density at radius 3 is 2.54 bits per heavy atom. The molecule has 3 rings (SSSR count). The largest absolute Gasteiger partial charge is 0.371 e. The van der Waals surface area contributed by atoms with Crippen LogP contribution in [0.3, 0.4) is 0 Å². The van der Waals surface area contributed by atoms with E-state index in [0.717, 1.165) is 30.8 Å². The van der Waals surface area contributed by atoms with Gasteiger partial charge in [-0.2, -0.15) is 0 Å². The minimum atomic E-state index is -0.577. The van der Waals surface area contributed by atoms with E-state index in [1.54, 1.807) is 0 Å². The maximum atomic E-state index is 12.9. The van der Waals surface area contributed by atoms with E-state index in [2.05, 4.69) is 28.5 Å². The molecule has 1 aliphatic rings. The van der Waals surface area contributed by atoms with Crippen LogP contribution in [-0.2, 0) is 22.4 Å². The predicted molar refractivity (Wildman–Crippen MR) is 114 cm³/mol. The molecule has 0 aliphatic carbocycles. The fourth-order valence-electron chi connectivity index (χ4n) is 3.61. The van der Waals surface area contributed by atoms with Crippen LogP contribution in [0.1, 0.15) is 31.9 Å². The summed E-state index contributed by atoms with van der Waals surface area (Å²) < 4.78 is 0.